The van der Waals surface area contributed by atoms with Crippen molar-refractivity contribution in [2.24, 2.45) is 0 Å². The first-order valence-corrected chi connectivity index (χ1v) is 3.79. The van der Waals surface area contributed by atoms with Crippen molar-refractivity contribution in [3.63, 3.8) is 0 Å². The molecule has 0 aromatic heterocycles. The second-order valence-electron chi connectivity index (χ2n) is 2.54. The highest BCUT2D eigenvalue weighted by Crippen LogP contribution is 2.18. The fraction of sp³-hybridized carbons (Fsp3) is 0.300. The Kier molecular flexibility index (Phi) is 2.53. The lowest BCUT2D eigenvalue weighted by atomic mass is 10.1. The molecule has 1 nitrogen and oxygen atoms in total. The predicted octanol–water partition coefficient (Wildman–Crippen LogP) is 2.58. The van der Waals surface area contributed by atoms with E-state index >= 15 is 0 Å². The van der Waals surface area contributed by atoms with Crippen LogP contribution >= 0.6 is 0 Å². The van der Waals surface area contributed by atoms with E-state index < -0.39 is 0 Å². The van der Waals surface area contributed by atoms with Gasteiger partial charge in [0.1, 0.15) is 5.75 Å². The van der Waals surface area contributed by atoms with E-state index in [-0.39, 0.29) is 0 Å². The van der Waals surface area contributed by atoms with Crippen LogP contribution in [0.15, 0.2) is 18.2 Å². The van der Waals surface area contributed by atoms with Crippen molar-refractivity contribution in [3.05, 3.63) is 36.2 Å². The standard InChI is InChI=1S/C10H13O/c1-4-11-10-6-5-8(2)7-9(10)3/h5-7H,3-4H2,1-2H3. The van der Waals surface area contributed by atoms with Gasteiger partial charge >= 0.3 is 0 Å². The average Bonchev–Trinajstić information content (AvgIpc) is 1.95. The fourth-order valence-corrected chi connectivity index (χ4v) is 1.00. The summed E-state index contributed by atoms with van der Waals surface area (Å²) >= 11 is 0. The van der Waals surface area contributed by atoms with Crippen molar-refractivity contribution < 1.29 is 4.74 Å². The Morgan fingerprint density at radius 2 is 2.18 bits per heavy atom. The normalized spacial score (nSPS) is 9.73. The minimum absolute atomic E-state index is 0.700. The Labute approximate surface area is 68.0 Å². The van der Waals surface area contributed by atoms with Crippen LogP contribution in [0.25, 0.3) is 0 Å². The van der Waals surface area contributed by atoms with Gasteiger partial charge in [0.05, 0.1) is 6.61 Å². The number of hydrogen-bond acceptors (Lipinski definition) is 1. The van der Waals surface area contributed by atoms with Gasteiger partial charge in [-0.25, -0.2) is 0 Å². The van der Waals surface area contributed by atoms with Crippen LogP contribution < -0.4 is 4.74 Å². The van der Waals surface area contributed by atoms with Gasteiger partial charge in [0.15, 0.2) is 0 Å². The highest BCUT2D eigenvalue weighted by molar-refractivity contribution is 5.38. The summed E-state index contributed by atoms with van der Waals surface area (Å²) in [5.74, 6) is 0.887. The molecule has 1 heteroatoms. The van der Waals surface area contributed by atoms with Crippen LogP contribution in [0.5, 0.6) is 5.75 Å². The quantitative estimate of drug-likeness (QED) is 0.628. The maximum Gasteiger partial charge on any atom is 0.122 e. The molecule has 0 amide bonds. The van der Waals surface area contributed by atoms with Gasteiger partial charge in [0, 0.05) is 0 Å². The molecule has 0 heterocycles. The Morgan fingerprint density at radius 1 is 1.45 bits per heavy atom. The third-order valence-electron chi connectivity index (χ3n) is 1.52. The zero-order valence-corrected chi connectivity index (χ0v) is 7.05. The highest BCUT2D eigenvalue weighted by atomic mass is 16.5. The molecule has 1 aromatic carbocycles. The van der Waals surface area contributed by atoms with E-state index in [9.17, 15) is 0 Å². The second-order valence-corrected chi connectivity index (χ2v) is 2.54. The maximum absolute atomic E-state index is 5.33. The van der Waals surface area contributed by atoms with Crippen LogP contribution in [-0.2, 0) is 0 Å². The molecule has 11 heavy (non-hydrogen) atoms. The smallest absolute Gasteiger partial charge is 0.122 e. The Bertz CT molecular complexity index is 241. The van der Waals surface area contributed by atoms with Gasteiger partial charge in [-0.05, 0) is 32.4 Å². The first kappa shape index (κ1) is 8.12. The molecule has 59 valence electrons. The summed E-state index contributed by atoms with van der Waals surface area (Å²) in [6.45, 7) is 8.59. The van der Waals surface area contributed by atoms with E-state index in [0.717, 1.165) is 11.3 Å². The van der Waals surface area contributed by atoms with Crippen molar-refractivity contribution in [1.29, 1.82) is 0 Å². The molecule has 0 aliphatic heterocycles. The summed E-state index contributed by atoms with van der Waals surface area (Å²) in [6, 6.07) is 6.01. The van der Waals surface area contributed by atoms with Crippen molar-refractivity contribution in [1.82, 2.24) is 0 Å². The molecule has 0 fully saturated rings. The minimum atomic E-state index is 0.700. The van der Waals surface area contributed by atoms with Crippen molar-refractivity contribution >= 4 is 0 Å². The number of ether oxygens (including phenoxy) is 1. The van der Waals surface area contributed by atoms with Gasteiger partial charge < -0.3 is 4.74 Å². The summed E-state index contributed by atoms with van der Waals surface area (Å²) in [5, 5.41) is 0. The summed E-state index contributed by atoms with van der Waals surface area (Å²) < 4.78 is 5.33. The van der Waals surface area contributed by atoms with E-state index in [2.05, 4.69) is 6.92 Å². The van der Waals surface area contributed by atoms with Gasteiger partial charge in [0.25, 0.3) is 0 Å². The van der Waals surface area contributed by atoms with Gasteiger partial charge in [0.2, 0.25) is 0 Å². The van der Waals surface area contributed by atoms with E-state index in [1.807, 2.05) is 32.0 Å². The predicted molar refractivity (Wildman–Crippen MR) is 46.8 cm³/mol. The average molecular weight is 149 g/mol. The minimum Gasteiger partial charge on any atom is -0.494 e. The Balaban J connectivity index is 2.90. The van der Waals surface area contributed by atoms with Crippen LogP contribution in [0, 0.1) is 13.8 Å². The molecule has 0 spiro atoms. The fourth-order valence-electron chi connectivity index (χ4n) is 1.00. The largest absolute Gasteiger partial charge is 0.494 e. The molecule has 0 atom stereocenters. The number of benzene rings is 1. The molecule has 1 rings (SSSR count). The lowest BCUT2D eigenvalue weighted by Crippen LogP contribution is -1.93. The van der Waals surface area contributed by atoms with Crippen molar-refractivity contribution in [2.45, 2.75) is 13.8 Å². The first-order chi connectivity index (χ1) is 5.24. The Hall–Kier alpha value is -0.980. The van der Waals surface area contributed by atoms with Gasteiger partial charge in [-0.1, -0.05) is 17.7 Å². The summed E-state index contributed by atoms with van der Waals surface area (Å²) in [5.41, 5.74) is 2.19. The van der Waals surface area contributed by atoms with E-state index in [1.54, 1.807) is 0 Å². The number of aryl methyl sites for hydroxylation is 1. The van der Waals surface area contributed by atoms with Gasteiger partial charge in [-0.2, -0.15) is 0 Å². The molecule has 0 saturated heterocycles. The van der Waals surface area contributed by atoms with E-state index in [1.165, 1.54) is 5.56 Å². The molecule has 0 aliphatic carbocycles. The maximum atomic E-state index is 5.33. The molecule has 0 N–H and O–H groups in total. The molecule has 0 bridgehead atoms. The van der Waals surface area contributed by atoms with Crippen LogP contribution in [0.1, 0.15) is 18.1 Å². The van der Waals surface area contributed by atoms with Crippen LogP contribution in [0.2, 0.25) is 0 Å². The Morgan fingerprint density at radius 3 is 2.73 bits per heavy atom. The summed E-state index contributed by atoms with van der Waals surface area (Å²) in [7, 11) is 0. The third kappa shape index (κ3) is 1.97. The highest BCUT2D eigenvalue weighted by Gasteiger charge is 1.96. The lowest BCUT2D eigenvalue weighted by molar-refractivity contribution is 0.339. The molecule has 1 radical (unpaired) electrons. The van der Waals surface area contributed by atoms with Crippen LogP contribution in [0.4, 0.5) is 0 Å². The second kappa shape index (κ2) is 3.42. The monoisotopic (exact) mass is 149 g/mol. The molecular formula is C10H13O. The van der Waals surface area contributed by atoms with Crippen LogP contribution in [-0.4, -0.2) is 6.61 Å². The SMILES string of the molecule is [CH2]c1cc(C)ccc1OCC. The van der Waals surface area contributed by atoms with Crippen LogP contribution in [0.3, 0.4) is 0 Å². The van der Waals surface area contributed by atoms with Crippen molar-refractivity contribution in [2.75, 3.05) is 6.61 Å². The summed E-state index contributed by atoms with van der Waals surface area (Å²) in [4.78, 5) is 0. The molecule has 0 unspecified atom stereocenters. The van der Waals surface area contributed by atoms with E-state index in [4.69, 9.17) is 4.74 Å². The molecule has 1 aromatic rings. The number of rotatable bonds is 2. The molecular weight excluding hydrogens is 136 g/mol. The zero-order valence-electron chi connectivity index (χ0n) is 7.05. The third-order valence-corrected chi connectivity index (χ3v) is 1.52. The summed E-state index contributed by atoms with van der Waals surface area (Å²) in [6.07, 6.45) is 0. The molecule has 0 saturated carbocycles. The van der Waals surface area contributed by atoms with Gasteiger partial charge in [-0.3, -0.25) is 0 Å². The van der Waals surface area contributed by atoms with E-state index in [0.29, 0.717) is 6.61 Å². The first-order valence-electron chi connectivity index (χ1n) is 3.79. The van der Waals surface area contributed by atoms with Crippen molar-refractivity contribution in [3.8, 4) is 5.75 Å². The topological polar surface area (TPSA) is 9.23 Å². The number of hydrogen-bond donors (Lipinski definition) is 0. The zero-order chi connectivity index (χ0) is 8.27. The lowest BCUT2D eigenvalue weighted by Gasteiger charge is -2.06. The molecule has 0 aliphatic rings. The van der Waals surface area contributed by atoms with Gasteiger partial charge in [-0.15, -0.1) is 0 Å².